The Labute approximate surface area is 121 Å². The third-order valence-corrected chi connectivity index (χ3v) is 3.86. The molecule has 6 nitrogen and oxygen atoms in total. The first-order valence-corrected chi connectivity index (χ1v) is 7.33. The Balaban J connectivity index is 1.82. The first-order valence-electron chi connectivity index (χ1n) is 7.33. The molecule has 1 fully saturated rings. The minimum atomic E-state index is -0.547. The van der Waals surface area contributed by atoms with Gasteiger partial charge in [-0.1, -0.05) is 5.16 Å². The highest BCUT2D eigenvalue weighted by Gasteiger charge is 2.23. The zero-order valence-electron chi connectivity index (χ0n) is 13.1. The molecular weight excluding hydrogens is 254 g/mol. The summed E-state index contributed by atoms with van der Waals surface area (Å²) in [5.74, 6) is 1.98. The van der Waals surface area contributed by atoms with Gasteiger partial charge in [0.2, 0.25) is 5.89 Å². The SMILES string of the molecule is CN1CCC(CN(C)Cc2nc(C(C)(C)N)no2)CC1. The van der Waals surface area contributed by atoms with E-state index in [1.54, 1.807) is 0 Å². The molecule has 2 rings (SSSR count). The second kappa shape index (κ2) is 6.20. The minimum Gasteiger partial charge on any atom is -0.338 e. The Kier molecular flexibility index (Phi) is 4.78. The van der Waals surface area contributed by atoms with Crippen molar-refractivity contribution in [3.05, 3.63) is 11.7 Å². The lowest BCUT2D eigenvalue weighted by Gasteiger charge is -2.31. The summed E-state index contributed by atoms with van der Waals surface area (Å²) >= 11 is 0. The summed E-state index contributed by atoms with van der Waals surface area (Å²) in [7, 11) is 4.30. The van der Waals surface area contributed by atoms with E-state index >= 15 is 0 Å². The maximum atomic E-state index is 5.96. The lowest BCUT2D eigenvalue weighted by Crippen LogP contribution is -2.35. The molecule has 1 aromatic heterocycles. The minimum absolute atomic E-state index is 0.547. The Morgan fingerprint density at radius 1 is 1.40 bits per heavy atom. The molecular formula is C14H27N5O. The van der Waals surface area contributed by atoms with Gasteiger partial charge in [-0.05, 0) is 59.8 Å². The first kappa shape index (κ1) is 15.4. The third-order valence-electron chi connectivity index (χ3n) is 3.86. The molecule has 0 aliphatic carbocycles. The second-order valence-corrected chi connectivity index (χ2v) is 6.68. The highest BCUT2D eigenvalue weighted by Crippen LogP contribution is 2.18. The summed E-state index contributed by atoms with van der Waals surface area (Å²) < 4.78 is 5.28. The van der Waals surface area contributed by atoms with E-state index in [4.69, 9.17) is 10.3 Å². The molecule has 0 amide bonds. The van der Waals surface area contributed by atoms with E-state index in [-0.39, 0.29) is 0 Å². The van der Waals surface area contributed by atoms with Gasteiger partial charge in [0.05, 0.1) is 12.1 Å². The molecule has 1 aromatic rings. The largest absolute Gasteiger partial charge is 0.338 e. The maximum Gasteiger partial charge on any atom is 0.240 e. The Hall–Kier alpha value is -0.980. The number of nitrogens with two attached hydrogens (primary N) is 1. The Bertz CT molecular complexity index is 417. The predicted molar refractivity (Wildman–Crippen MR) is 78.1 cm³/mol. The van der Waals surface area contributed by atoms with Crippen LogP contribution < -0.4 is 5.73 Å². The molecule has 1 saturated heterocycles. The number of hydrogen-bond donors (Lipinski definition) is 1. The van der Waals surface area contributed by atoms with Crippen LogP contribution >= 0.6 is 0 Å². The van der Waals surface area contributed by atoms with Crippen LogP contribution in [-0.2, 0) is 12.1 Å². The summed E-state index contributed by atoms with van der Waals surface area (Å²) in [5.41, 5.74) is 5.41. The van der Waals surface area contributed by atoms with E-state index in [2.05, 4.69) is 34.0 Å². The average Bonchev–Trinajstić information content (AvgIpc) is 2.80. The third kappa shape index (κ3) is 4.26. The number of rotatable bonds is 5. The topological polar surface area (TPSA) is 71.4 Å². The van der Waals surface area contributed by atoms with Gasteiger partial charge in [0, 0.05) is 6.54 Å². The van der Waals surface area contributed by atoms with Crippen molar-refractivity contribution < 1.29 is 4.52 Å². The smallest absolute Gasteiger partial charge is 0.240 e. The van der Waals surface area contributed by atoms with Crippen LogP contribution in [-0.4, -0.2) is 53.7 Å². The van der Waals surface area contributed by atoms with E-state index in [1.165, 1.54) is 25.9 Å². The van der Waals surface area contributed by atoms with Gasteiger partial charge in [0.1, 0.15) is 0 Å². The van der Waals surface area contributed by atoms with E-state index in [0.717, 1.165) is 12.5 Å². The fourth-order valence-electron chi connectivity index (χ4n) is 2.56. The lowest BCUT2D eigenvalue weighted by molar-refractivity contribution is 0.164. The van der Waals surface area contributed by atoms with Crippen LogP contribution in [0.15, 0.2) is 4.52 Å². The predicted octanol–water partition coefficient (Wildman–Crippen LogP) is 1.04. The zero-order chi connectivity index (χ0) is 14.8. The molecule has 0 saturated carbocycles. The van der Waals surface area contributed by atoms with Crippen molar-refractivity contribution >= 4 is 0 Å². The van der Waals surface area contributed by atoms with Crippen molar-refractivity contribution in [2.75, 3.05) is 33.7 Å². The summed E-state index contributed by atoms with van der Waals surface area (Å²) in [6, 6.07) is 0. The molecule has 0 aromatic carbocycles. The molecule has 20 heavy (non-hydrogen) atoms. The van der Waals surface area contributed by atoms with Gasteiger partial charge < -0.3 is 15.2 Å². The van der Waals surface area contributed by atoms with Crippen molar-refractivity contribution in [3.8, 4) is 0 Å². The van der Waals surface area contributed by atoms with Crippen molar-refractivity contribution in [3.63, 3.8) is 0 Å². The van der Waals surface area contributed by atoms with Crippen LogP contribution in [0.25, 0.3) is 0 Å². The van der Waals surface area contributed by atoms with E-state index in [0.29, 0.717) is 18.3 Å². The molecule has 6 heteroatoms. The number of aromatic nitrogens is 2. The number of likely N-dealkylation sites (tertiary alicyclic amines) is 1. The lowest BCUT2D eigenvalue weighted by atomic mass is 9.97. The van der Waals surface area contributed by atoms with Crippen LogP contribution in [0, 0.1) is 5.92 Å². The van der Waals surface area contributed by atoms with Crippen LogP contribution in [0.2, 0.25) is 0 Å². The number of hydrogen-bond acceptors (Lipinski definition) is 6. The second-order valence-electron chi connectivity index (χ2n) is 6.68. The molecule has 1 aliphatic heterocycles. The molecule has 0 radical (unpaired) electrons. The highest BCUT2D eigenvalue weighted by atomic mass is 16.5. The molecule has 2 N–H and O–H groups in total. The molecule has 1 aliphatic rings. The van der Waals surface area contributed by atoms with Crippen LogP contribution in [0.5, 0.6) is 0 Å². The van der Waals surface area contributed by atoms with Crippen LogP contribution in [0.3, 0.4) is 0 Å². The van der Waals surface area contributed by atoms with Crippen molar-refractivity contribution in [2.45, 2.75) is 38.8 Å². The molecule has 0 atom stereocenters. The molecule has 114 valence electrons. The molecule has 0 spiro atoms. The zero-order valence-corrected chi connectivity index (χ0v) is 13.1. The molecule has 0 unspecified atom stereocenters. The standard InChI is InChI=1S/C14H27N5O/c1-14(2,15)13-16-12(20-17-13)10-19(4)9-11-5-7-18(3)8-6-11/h11H,5-10,15H2,1-4H3. The fraction of sp³-hybridized carbons (Fsp3) is 0.857. The van der Waals surface area contributed by atoms with E-state index in [1.807, 2.05) is 13.8 Å². The highest BCUT2D eigenvalue weighted by molar-refractivity contribution is 4.98. The molecule has 2 heterocycles. The van der Waals surface area contributed by atoms with Crippen LogP contribution in [0.1, 0.15) is 38.4 Å². The van der Waals surface area contributed by atoms with Gasteiger partial charge in [-0.3, -0.25) is 4.90 Å². The van der Waals surface area contributed by atoms with Crippen molar-refractivity contribution in [2.24, 2.45) is 11.7 Å². The van der Waals surface area contributed by atoms with Gasteiger partial charge in [-0.2, -0.15) is 4.98 Å². The number of nitrogens with zero attached hydrogens (tertiary/aromatic N) is 4. The van der Waals surface area contributed by atoms with Gasteiger partial charge in [0.15, 0.2) is 5.82 Å². The fourth-order valence-corrected chi connectivity index (χ4v) is 2.56. The summed E-state index contributed by atoms with van der Waals surface area (Å²) in [4.78, 5) is 9.03. The molecule has 0 bridgehead atoms. The average molecular weight is 281 g/mol. The van der Waals surface area contributed by atoms with Gasteiger partial charge in [-0.25, -0.2) is 0 Å². The van der Waals surface area contributed by atoms with Gasteiger partial charge in [-0.15, -0.1) is 0 Å². The normalized spacial score (nSPS) is 18.9. The van der Waals surface area contributed by atoms with Gasteiger partial charge in [0.25, 0.3) is 0 Å². The summed E-state index contributed by atoms with van der Waals surface area (Å²) in [5, 5.41) is 3.95. The number of piperidine rings is 1. The first-order chi connectivity index (χ1) is 9.34. The van der Waals surface area contributed by atoms with Gasteiger partial charge >= 0.3 is 0 Å². The monoisotopic (exact) mass is 281 g/mol. The van der Waals surface area contributed by atoms with Crippen molar-refractivity contribution in [1.82, 2.24) is 19.9 Å². The summed E-state index contributed by atoms with van der Waals surface area (Å²) in [6.07, 6.45) is 2.54. The van der Waals surface area contributed by atoms with E-state index < -0.39 is 5.54 Å². The maximum absolute atomic E-state index is 5.96. The quantitative estimate of drug-likeness (QED) is 0.869. The van der Waals surface area contributed by atoms with Crippen molar-refractivity contribution in [1.29, 1.82) is 0 Å². The Morgan fingerprint density at radius 3 is 2.60 bits per heavy atom. The Morgan fingerprint density at radius 2 is 2.05 bits per heavy atom. The van der Waals surface area contributed by atoms with Crippen LogP contribution in [0.4, 0.5) is 0 Å². The van der Waals surface area contributed by atoms with E-state index in [9.17, 15) is 0 Å². The summed E-state index contributed by atoms with van der Waals surface area (Å²) in [6.45, 7) is 7.93.